The molecule has 0 radical (unpaired) electrons. The normalized spacial score (nSPS) is 22.5. The van der Waals surface area contributed by atoms with Gasteiger partial charge in [0.05, 0.1) is 12.2 Å². The lowest BCUT2D eigenvalue weighted by molar-refractivity contribution is -0.274. The molecule has 3 heterocycles. The molecule has 2 aliphatic rings. The van der Waals surface area contributed by atoms with Crippen LogP contribution < -0.4 is 5.32 Å². The maximum Gasteiger partial charge on any atom is 0.272 e. The fourth-order valence-corrected chi connectivity index (χ4v) is 4.52. The van der Waals surface area contributed by atoms with Gasteiger partial charge in [0.2, 0.25) is 11.8 Å². The first-order valence-electron chi connectivity index (χ1n) is 12.5. The zero-order valence-corrected chi connectivity index (χ0v) is 21.7. The third-order valence-electron chi connectivity index (χ3n) is 6.25. The molecule has 2 fully saturated rings. The van der Waals surface area contributed by atoms with Crippen LogP contribution in [0.5, 0.6) is 0 Å². The van der Waals surface area contributed by atoms with Crippen molar-refractivity contribution in [2.24, 2.45) is 11.8 Å². The lowest BCUT2D eigenvalue weighted by Crippen LogP contribution is -2.73. The Bertz CT molecular complexity index is 980. The summed E-state index contributed by atoms with van der Waals surface area (Å²) >= 11 is 0. The second-order valence-corrected chi connectivity index (χ2v) is 10.1. The molecule has 1 N–H and O–H groups in total. The molecule has 36 heavy (non-hydrogen) atoms. The summed E-state index contributed by atoms with van der Waals surface area (Å²) in [7, 11) is 1.54. The van der Waals surface area contributed by atoms with Crippen molar-refractivity contribution in [3.05, 3.63) is 36.2 Å². The summed E-state index contributed by atoms with van der Waals surface area (Å²) in [5, 5.41) is 3.79. The standard InChI is InChI=1S/C26H37N5O5/c1-17(2)14-20-25(34)29(13-11-22(32)27-5)16-23-30(20)26(35)21(15-18(3)4)36-31(23)24(33)10-9-19-8-6-7-12-28-19/h6-10,12,17-18,20-21,23H,11,13-16H2,1-5H3,(H,27,32)/b10-9+/t20-,21+,23-/m0/s1. The number of carbonyl (C=O) groups excluding carboxylic acids is 4. The van der Waals surface area contributed by atoms with Gasteiger partial charge in [0, 0.05) is 32.3 Å². The van der Waals surface area contributed by atoms with Crippen molar-refractivity contribution in [3.8, 4) is 0 Å². The number of hydrogen-bond donors (Lipinski definition) is 1. The lowest BCUT2D eigenvalue weighted by Gasteiger charge is -2.53. The van der Waals surface area contributed by atoms with E-state index in [4.69, 9.17) is 4.84 Å². The van der Waals surface area contributed by atoms with Gasteiger partial charge in [-0.25, -0.2) is 0 Å². The number of nitrogens with one attached hydrogen (secondary N) is 1. The molecule has 0 saturated carbocycles. The number of carbonyl (C=O) groups is 4. The van der Waals surface area contributed by atoms with E-state index in [1.54, 1.807) is 41.3 Å². The highest BCUT2D eigenvalue weighted by Crippen LogP contribution is 2.32. The third-order valence-corrected chi connectivity index (χ3v) is 6.25. The number of nitrogens with zero attached hydrogens (tertiary/aromatic N) is 4. The van der Waals surface area contributed by atoms with Crippen molar-refractivity contribution in [2.45, 2.75) is 65.3 Å². The molecule has 0 aromatic carbocycles. The van der Waals surface area contributed by atoms with Crippen LogP contribution in [0.15, 0.2) is 30.5 Å². The molecule has 1 aromatic heterocycles. The minimum atomic E-state index is -0.867. The van der Waals surface area contributed by atoms with Gasteiger partial charge in [-0.05, 0) is 42.9 Å². The summed E-state index contributed by atoms with van der Waals surface area (Å²) in [6.45, 7) is 8.18. The average molecular weight is 500 g/mol. The second-order valence-electron chi connectivity index (χ2n) is 10.1. The van der Waals surface area contributed by atoms with Gasteiger partial charge in [-0.2, -0.15) is 5.06 Å². The Kier molecular flexibility index (Phi) is 9.19. The van der Waals surface area contributed by atoms with Gasteiger partial charge in [-0.1, -0.05) is 33.8 Å². The Morgan fingerprint density at radius 1 is 1.14 bits per heavy atom. The van der Waals surface area contributed by atoms with Crippen molar-refractivity contribution in [1.82, 2.24) is 25.2 Å². The molecule has 0 aliphatic carbocycles. The number of hydroxylamine groups is 2. The van der Waals surface area contributed by atoms with Gasteiger partial charge in [0.1, 0.15) is 6.04 Å². The Morgan fingerprint density at radius 3 is 2.47 bits per heavy atom. The number of fused-ring (bicyclic) bond motifs is 1. The summed E-state index contributed by atoms with van der Waals surface area (Å²) in [6, 6.07) is 4.64. The third kappa shape index (κ3) is 6.48. The minimum Gasteiger partial charge on any atom is -0.359 e. The highest BCUT2D eigenvalue weighted by molar-refractivity contribution is 5.95. The lowest BCUT2D eigenvalue weighted by atomic mass is 9.95. The molecule has 0 unspecified atom stereocenters. The van der Waals surface area contributed by atoms with Gasteiger partial charge in [-0.15, -0.1) is 0 Å². The number of pyridine rings is 1. The Morgan fingerprint density at radius 2 is 1.86 bits per heavy atom. The first-order chi connectivity index (χ1) is 17.1. The predicted octanol–water partition coefficient (Wildman–Crippen LogP) is 1.83. The summed E-state index contributed by atoms with van der Waals surface area (Å²) in [5.74, 6) is -0.851. The van der Waals surface area contributed by atoms with E-state index in [9.17, 15) is 19.2 Å². The largest absolute Gasteiger partial charge is 0.359 e. The Hall–Kier alpha value is -3.27. The van der Waals surface area contributed by atoms with Gasteiger partial charge < -0.3 is 15.1 Å². The van der Waals surface area contributed by atoms with Crippen LogP contribution in [0.2, 0.25) is 0 Å². The van der Waals surface area contributed by atoms with Gasteiger partial charge in [0.25, 0.3) is 11.8 Å². The van der Waals surface area contributed by atoms with Crippen LogP contribution in [-0.4, -0.2) is 81.9 Å². The molecule has 0 spiro atoms. The Balaban J connectivity index is 1.96. The Labute approximate surface area is 212 Å². The zero-order chi connectivity index (χ0) is 26.4. The smallest absolute Gasteiger partial charge is 0.272 e. The van der Waals surface area contributed by atoms with E-state index in [-0.39, 0.29) is 49.1 Å². The molecule has 0 bridgehead atoms. The number of aromatic nitrogens is 1. The second kappa shape index (κ2) is 12.1. The van der Waals surface area contributed by atoms with Crippen molar-refractivity contribution < 1.29 is 24.0 Å². The molecule has 1 aromatic rings. The van der Waals surface area contributed by atoms with E-state index < -0.39 is 24.2 Å². The molecule has 10 nitrogen and oxygen atoms in total. The van der Waals surface area contributed by atoms with Crippen molar-refractivity contribution >= 4 is 29.7 Å². The van der Waals surface area contributed by atoms with Gasteiger partial charge in [-0.3, -0.25) is 29.0 Å². The van der Waals surface area contributed by atoms with E-state index in [2.05, 4.69) is 10.3 Å². The quantitative estimate of drug-likeness (QED) is 0.519. The maximum atomic E-state index is 13.6. The first kappa shape index (κ1) is 27.3. The molecule has 10 heteroatoms. The van der Waals surface area contributed by atoms with Crippen LogP contribution in [0.1, 0.15) is 52.7 Å². The van der Waals surface area contributed by atoms with E-state index in [1.165, 1.54) is 11.1 Å². The SMILES string of the molecule is CNC(=O)CCN1C[C@@H]2N(C(=O)/C=C/c3ccccn3)O[C@H](CC(C)C)C(=O)N2[C@@H](CC(C)C)C1=O. The van der Waals surface area contributed by atoms with E-state index in [0.717, 1.165) is 0 Å². The van der Waals surface area contributed by atoms with Crippen LogP contribution >= 0.6 is 0 Å². The number of amides is 4. The van der Waals surface area contributed by atoms with Gasteiger partial charge >= 0.3 is 0 Å². The summed E-state index contributed by atoms with van der Waals surface area (Å²) in [4.78, 5) is 65.7. The average Bonchev–Trinajstić information content (AvgIpc) is 2.84. The minimum absolute atomic E-state index is 0.0632. The van der Waals surface area contributed by atoms with Crippen molar-refractivity contribution in [3.63, 3.8) is 0 Å². The topological polar surface area (TPSA) is 112 Å². The molecule has 3 atom stereocenters. The molecule has 2 aliphatic heterocycles. The number of rotatable bonds is 9. The highest BCUT2D eigenvalue weighted by Gasteiger charge is 2.52. The van der Waals surface area contributed by atoms with E-state index >= 15 is 0 Å². The molecular formula is C26H37N5O5. The number of piperazine rings is 1. The van der Waals surface area contributed by atoms with Crippen molar-refractivity contribution in [1.29, 1.82) is 0 Å². The van der Waals surface area contributed by atoms with Crippen LogP contribution in [-0.2, 0) is 24.0 Å². The van der Waals surface area contributed by atoms with E-state index in [1.807, 2.05) is 33.8 Å². The molecule has 196 valence electrons. The molecule has 2 saturated heterocycles. The monoisotopic (exact) mass is 499 g/mol. The fraction of sp³-hybridized carbons (Fsp3) is 0.577. The fourth-order valence-electron chi connectivity index (χ4n) is 4.52. The van der Waals surface area contributed by atoms with Crippen LogP contribution in [0.4, 0.5) is 0 Å². The van der Waals surface area contributed by atoms with Crippen LogP contribution in [0, 0.1) is 11.8 Å². The molecule has 3 rings (SSSR count). The molecular weight excluding hydrogens is 462 g/mol. The summed E-state index contributed by atoms with van der Waals surface area (Å²) in [6.07, 6.45) is 3.91. The summed E-state index contributed by atoms with van der Waals surface area (Å²) in [5.41, 5.74) is 0.609. The molecule has 4 amide bonds. The van der Waals surface area contributed by atoms with E-state index in [0.29, 0.717) is 18.5 Å². The first-order valence-corrected chi connectivity index (χ1v) is 12.5. The van der Waals surface area contributed by atoms with Crippen molar-refractivity contribution in [2.75, 3.05) is 20.1 Å². The van der Waals surface area contributed by atoms with Crippen LogP contribution in [0.3, 0.4) is 0 Å². The predicted molar refractivity (Wildman–Crippen MR) is 134 cm³/mol. The van der Waals surface area contributed by atoms with Crippen LogP contribution in [0.25, 0.3) is 6.08 Å². The van der Waals surface area contributed by atoms with Gasteiger partial charge in [0.15, 0.2) is 12.3 Å². The maximum absolute atomic E-state index is 13.6. The highest BCUT2D eigenvalue weighted by atomic mass is 16.7. The zero-order valence-electron chi connectivity index (χ0n) is 21.7. The summed E-state index contributed by atoms with van der Waals surface area (Å²) < 4.78 is 0. The number of hydrogen-bond acceptors (Lipinski definition) is 6.